The number of imidazole rings is 1. The Kier molecular flexibility index (Phi) is 4.11. The molecule has 0 radical (unpaired) electrons. The number of rotatable bonds is 2. The molecule has 1 amide bonds. The normalized spacial score (nSPS) is 25.0. The van der Waals surface area contributed by atoms with Crippen molar-refractivity contribution in [3.63, 3.8) is 0 Å². The molecule has 0 atom stereocenters. The number of halogens is 1. The van der Waals surface area contributed by atoms with E-state index in [2.05, 4.69) is 36.9 Å². The van der Waals surface area contributed by atoms with Gasteiger partial charge in [-0.3, -0.25) is 14.1 Å². The number of fused-ring (bicyclic) bond motifs is 1. The van der Waals surface area contributed by atoms with E-state index >= 15 is 0 Å². The first-order chi connectivity index (χ1) is 11.5. The second-order valence-electron chi connectivity index (χ2n) is 6.66. The fraction of sp³-hybridized carbons (Fsp3) is 0.562. The average Bonchev–Trinajstić information content (AvgIpc) is 2.85. The van der Waals surface area contributed by atoms with Crippen LogP contribution < -0.4 is 5.73 Å². The van der Waals surface area contributed by atoms with Crippen LogP contribution in [0.25, 0.3) is 5.52 Å². The number of aromatic nitrogens is 3. The first-order valence-corrected chi connectivity index (χ1v) is 9.40. The molecule has 7 nitrogen and oxygen atoms in total. The van der Waals surface area contributed by atoms with E-state index < -0.39 is 0 Å². The number of hydrogen-bond donors (Lipinski definition) is 1. The molecule has 0 unspecified atom stereocenters. The molecule has 4 rings (SSSR count). The molecule has 1 saturated carbocycles. The van der Waals surface area contributed by atoms with Crippen molar-refractivity contribution in [3.8, 4) is 0 Å². The summed E-state index contributed by atoms with van der Waals surface area (Å²) in [4.78, 5) is 24.8. The predicted octanol–water partition coefficient (Wildman–Crippen LogP) is 1.33. The Morgan fingerprint density at radius 3 is 2.67 bits per heavy atom. The minimum absolute atomic E-state index is 0.186. The van der Waals surface area contributed by atoms with E-state index in [1.54, 1.807) is 13.1 Å². The molecule has 2 N–H and O–H groups in total. The summed E-state index contributed by atoms with van der Waals surface area (Å²) >= 11 is 2.24. The molecule has 2 fully saturated rings. The molecule has 1 saturated heterocycles. The van der Waals surface area contributed by atoms with Crippen molar-refractivity contribution in [1.29, 1.82) is 0 Å². The van der Waals surface area contributed by atoms with Crippen molar-refractivity contribution in [2.24, 2.45) is 0 Å². The lowest BCUT2D eigenvalue weighted by atomic mass is 9.78. The molecule has 8 heteroatoms. The van der Waals surface area contributed by atoms with Gasteiger partial charge in [-0.1, -0.05) is 0 Å². The van der Waals surface area contributed by atoms with Crippen LogP contribution in [0, 0.1) is 3.70 Å². The number of hydrogen-bond acceptors (Lipinski definition) is 5. The number of nitrogen functional groups attached to an aromatic ring is 1. The second kappa shape index (κ2) is 6.14. The summed E-state index contributed by atoms with van der Waals surface area (Å²) in [6.45, 7) is 5.31. The van der Waals surface area contributed by atoms with Crippen molar-refractivity contribution >= 4 is 39.8 Å². The van der Waals surface area contributed by atoms with Gasteiger partial charge in [-0.25, -0.2) is 9.97 Å². The SMILES string of the molecule is CC(=O)N1CCN(C2CC(c3nc(I)c4c(N)nccn34)C2)CC1. The molecule has 0 spiro atoms. The van der Waals surface area contributed by atoms with Gasteiger partial charge in [0.15, 0.2) is 5.82 Å². The van der Waals surface area contributed by atoms with Crippen LogP contribution >= 0.6 is 22.6 Å². The van der Waals surface area contributed by atoms with Gasteiger partial charge in [0.25, 0.3) is 0 Å². The molecule has 0 bridgehead atoms. The fourth-order valence-corrected chi connectivity index (χ4v) is 4.61. The minimum atomic E-state index is 0.186. The van der Waals surface area contributed by atoms with Gasteiger partial charge in [-0.2, -0.15) is 0 Å². The molecule has 2 aromatic heterocycles. The van der Waals surface area contributed by atoms with Gasteiger partial charge < -0.3 is 10.6 Å². The van der Waals surface area contributed by atoms with Crippen LogP contribution in [0.15, 0.2) is 12.4 Å². The first kappa shape index (κ1) is 16.1. The van der Waals surface area contributed by atoms with Crippen LogP contribution in [-0.2, 0) is 4.79 Å². The maximum Gasteiger partial charge on any atom is 0.219 e. The number of carbonyl (C=O) groups excluding carboxylic acids is 1. The Bertz CT molecular complexity index is 776. The summed E-state index contributed by atoms with van der Waals surface area (Å²) in [7, 11) is 0. The highest BCUT2D eigenvalue weighted by atomic mass is 127. The van der Waals surface area contributed by atoms with E-state index in [4.69, 9.17) is 10.7 Å². The summed E-state index contributed by atoms with van der Waals surface area (Å²) in [6.07, 6.45) is 5.94. The number of nitrogens with zero attached hydrogens (tertiary/aromatic N) is 5. The molecule has 24 heavy (non-hydrogen) atoms. The number of anilines is 1. The van der Waals surface area contributed by atoms with Crippen molar-refractivity contribution in [1.82, 2.24) is 24.2 Å². The molecule has 2 aromatic rings. The monoisotopic (exact) mass is 440 g/mol. The molecule has 2 aliphatic rings. The van der Waals surface area contributed by atoms with E-state index in [0.717, 1.165) is 54.1 Å². The van der Waals surface area contributed by atoms with Crippen LogP contribution in [0.4, 0.5) is 5.82 Å². The van der Waals surface area contributed by atoms with Crippen molar-refractivity contribution in [2.75, 3.05) is 31.9 Å². The van der Waals surface area contributed by atoms with Crippen LogP contribution in [0.5, 0.6) is 0 Å². The van der Waals surface area contributed by atoms with Crippen LogP contribution in [-0.4, -0.2) is 62.3 Å². The Balaban J connectivity index is 1.43. The van der Waals surface area contributed by atoms with Gasteiger partial charge in [0.2, 0.25) is 5.91 Å². The molecular weight excluding hydrogens is 419 g/mol. The molecule has 3 heterocycles. The highest BCUT2D eigenvalue weighted by molar-refractivity contribution is 14.1. The minimum Gasteiger partial charge on any atom is -0.382 e. The molecule has 0 aromatic carbocycles. The molecule has 1 aliphatic carbocycles. The smallest absolute Gasteiger partial charge is 0.219 e. The van der Waals surface area contributed by atoms with Gasteiger partial charge in [0.05, 0.1) is 0 Å². The lowest BCUT2D eigenvalue weighted by Crippen LogP contribution is -2.54. The Labute approximate surface area is 154 Å². The fourth-order valence-electron chi connectivity index (χ4n) is 3.83. The van der Waals surface area contributed by atoms with Crippen LogP contribution in [0.3, 0.4) is 0 Å². The third-order valence-electron chi connectivity index (χ3n) is 5.32. The van der Waals surface area contributed by atoms with E-state index in [0.29, 0.717) is 17.8 Å². The molecule has 1 aliphatic heterocycles. The standard InChI is InChI=1S/C16H21IN6O/c1-10(24)21-4-6-22(7-5-21)12-8-11(9-12)16-20-14(17)13-15(18)19-2-3-23(13)16/h2-3,11-12H,4-9H2,1H3,(H2,18,19). The van der Waals surface area contributed by atoms with Crippen molar-refractivity contribution in [2.45, 2.75) is 31.7 Å². The Morgan fingerprint density at radius 2 is 2.00 bits per heavy atom. The lowest BCUT2D eigenvalue weighted by molar-refractivity contribution is -0.131. The maximum absolute atomic E-state index is 11.4. The Hall–Kier alpha value is -1.42. The number of nitrogens with two attached hydrogens (primary N) is 1. The zero-order valence-electron chi connectivity index (χ0n) is 13.7. The van der Waals surface area contributed by atoms with Gasteiger partial charge >= 0.3 is 0 Å². The van der Waals surface area contributed by atoms with Crippen molar-refractivity contribution < 1.29 is 4.79 Å². The summed E-state index contributed by atoms with van der Waals surface area (Å²) in [5, 5.41) is 0. The van der Waals surface area contributed by atoms with Gasteiger partial charge in [-0.05, 0) is 35.4 Å². The molecular formula is C16H21IN6O. The Morgan fingerprint density at radius 1 is 1.29 bits per heavy atom. The lowest BCUT2D eigenvalue weighted by Gasteiger charge is -2.46. The summed E-state index contributed by atoms with van der Waals surface area (Å²) in [6, 6.07) is 0.605. The van der Waals surface area contributed by atoms with E-state index in [1.807, 2.05) is 11.1 Å². The topological polar surface area (TPSA) is 79.8 Å². The average molecular weight is 440 g/mol. The third kappa shape index (κ3) is 2.65. The highest BCUT2D eigenvalue weighted by Crippen LogP contribution is 2.40. The number of carbonyl (C=O) groups is 1. The molecule has 128 valence electrons. The van der Waals surface area contributed by atoms with Gasteiger partial charge in [0.1, 0.15) is 15.0 Å². The highest BCUT2D eigenvalue weighted by Gasteiger charge is 2.38. The van der Waals surface area contributed by atoms with E-state index in [1.165, 1.54) is 0 Å². The van der Waals surface area contributed by atoms with E-state index in [9.17, 15) is 4.79 Å². The van der Waals surface area contributed by atoms with Crippen LogP contribution in [0.2, 0.25) is 0 Å². The first-order valence-electron chi connectivity index (χ1n) is 8.32. The summed E-state index contributed by atoms with van der Waals surface area (Å²) in [5.41, 5.74) is 6.92. The number of piperazine rings is 1. The zero-order valence-corrected chi connectivity index (χ0v) is 15.8. The van der Waals surface area contributed by atoms with Gasteiger partial charge in [-0.15, -0.1) is 0 Å². The van der Waals surface area contributed by atoms with E-state index in [-0.39, 0.29) is 5.91 Å². The van der Waals surface area contributed by atoms with Crippen LogP contribution in [0.1, 0.15) is 31.5 Å². The summed E-state index contributed by atoms with van der Waals surface area (Å²) in [5.74, 6) is 2.29. The largest absolute Gasteiger partial charge is 0.382 e. The third-order valence-corrected chi connectivity index (χ3v) is 6.07. The quantitative estimate of drug-likeness (QED) is 0.713. The predicted molar refractivity (Wildman–Crippen MR) is 99.7 cm³/mol. The summed E-state index contributed by atoms with van der Waals surface area (Å²) < 4.78 is 3.02. The maximum atomic E-state index is 11.4. The van der Waals surface area contributed by atoms with Gasteiger partial charge in [0, 0.05) is 57.5 Å². The van der Waals surface area contributed by atoms with Crippen molar-refractivity contribution in [3.05, 3.63) is 21.9 Å². The zero-order chi connectivity index (χ0) is 16.8. The second-order valence-corrected chi connectivity index (χ2v) is 7.68. The number of amides is 1.